The van der Waals surface area contributed by atoms with Crippen LogP contribution in [0.1, 0.15) is 46.9 Å². The number of hydrogen-bond acceptors (Lipinski definition) is 5. The van der Waals surface area contributed by atoms with Crippen LogP contribution in [0, 0.1) is 0 Å². The number of nitrogens with two attached hydrogens (primary N) is 1. The number of carbonyl (C=O) groups is 1. The van der Waals surface area contributed by atoms with Crippen LogP contribution in [-0.4, -0.2) is 39.6 Å². The van der Waals surface area contributed by atoms with Gasteiger partial charge in [0.05, 0.1) is 30.6 Å². The fourth-order valence-corrected chi connectivity index (χ4v) is 3.46. The first-order chi connectivity index (χ1) is 11.6. The maximum absolute atomic E-state index is 11.6. The van der Waals surface area contributed by atoms with Gasteiger partial charge in [-0.3, -0.25) is 14.8 Å². The van der Waals surface area contributed by atoms with E-state index in [0.717, 1.165) is 37.1 Å². The average molecular weight is 350 g/mol. The summed E-state index contributed by atoms with van der Waals surface area (Å²) in [5.74, 6) is -0.0429. The minimum atomic E-state index is -0.460. The summed E-state index contributed by atoms with van der Waals surface area (Å²) in [6.45, 7) is 1.60. The van der Waals surface area contributed by atoms with Gasteiger partial charge in [0.2, 0.25) is 5.88 Å². The molecular formula is C16H20ClN5O2. The maximum atomic E-state index is 11.6. The predicted molar refractivity (Wildman–Crippen MR) is 89.9 cm³/mol. The third kappa shape index (κ3) is 3.37. The van der Waals surface area contributed by atoms with Gasteiger partial charge in [0.1, 0.15) is 5.02 Å². The number of H-pyrrole nitrogens is 1. The zero-order chi connectivity index (χ0) is 17.1. The Kier molecular flexibility index (Phi) is 5.01. The number of hydrogen-bond donors (Lipinski definition) is 2. The molecule has 128 valence electrons. The van der Waals surface area contributed by atoms with Crippen molar-refractivity contribution in [3.63, 3.8) is 0 Å². The molecule has 1 saturated heterocycles. The molecule has 2 aromatic rings. The van der Waals surface area contributed by atoms with E-state index >= 15 is 0 Å². The Morgan fingerprint density at radius 2 is 2.33 bits per heavy atom. The molecule has 7 nitrogen and oxygen atoms in total. The number of nitrogens with one attached hydrogen (secondary N) is 1. The number of aromatic amines is 1. The monoisotopic (exact) mass is 349 g/mol. The quantitative estimate of drug-likeness (QED) is 0.863. The van der Waals surface area contributed by atoms with Gasteiger partial charge in [0.15, 0.2) is 0 Å². The largest absolute Gasteiger partial charge is 0.480 e. The van der Waals surface area contributed by atoms with Crippen molar-refractivity contribution >= 4 is 17.5 Å². The van der Waals surface area contributed by atoms with E-state index in [0.29, 0.717) is 23.0 Å². The maximum Gasteiger partial charge on any atom is 0.252 e. The number of primary amides is 1. The van der Waals surface area contributed by atoms with E-state index in [1.165, 1.54) is 13.3 Å². The summed E-state index contributed by atoms with van der Waals surface area (Å²) in [6.07, 6.45) is 6.41. The van der Waals surface area contributed by atoms with Gasteiger partial charge in [-0.25, -0.2) is 4.98 Å². The lowest BCUT2D eigenvalue weighted by Crippen LogP contribution is -2.34. The number of aromatic nitrogens is 3. The normalized spacial score (nSPS) is 18.5. The first-order valence-corrected chi connectivity index (χ1v) is 8.23. The topological polar surface area (TPSA) is 97.1 Å². The highest BCUT2D eigenvalue weighted by Crippen LogP contribution is 2.33. The molecule has 1 aliphatic heterocycles. The molecule has 3 rings (SSSR count). The van der Waals surface area contributed by atoms with E-state index in [4.69, 9.17) is 22.1 Å². The molecule has 8 heteroatoms. The average Bonchev–Trinajstić information content (AvgIpc) is 3.05. The third-order valence-corrected chi connectivity index (χ3v) is 4.60. The van der Waals surface area contributed by atoms with E-state index < -0.39 is 5.91 Å². The number of rotatable bonds is 5. The number of nitrogens with zero attached hydrogens (tertiary/aromatic N) is 3. The van der Waals surface area contributed by atoms with Crippen LogP contribution in [0.2, 0.25) is 5.02 Å². The van der Waals surface area contributed by atoms with Crippen LogP contribution in [0.5, 0.6) is 5.88 Å². The van der Waals surface area contributed by atoms with Gasteiger partial charge in [-0.1, -0.05) is 18.0 Å². The summed E-state index contributed by atoms with van der Waals surface area (Å²) in [5.41, 5.74) is 7.69. The second kappa shape index (κ2) is 7.19. The molecule has 0 aromatic carbocycles. The van der Waals surface area contributed by atoms with Crippen molar-refractivity contribution in [2.45, 2.75) is 31.8 Å². The lowest BCUT2D eigenvalue weighted by atomic mass is 9.96. The molecule has 0 aliphatic carbocycles. The molecule has 0 spiro atoms. The number of halogens is 1. The highest BCUT2D eigenvalue weighted by atomic mass is 35.5. The predicted octanol–water partition coefficient (Wildman–Crippen LogP) is 2.29. The van der Waals surface area contributed by atoms with E-state index in [-0.39, 0.29) is 6.04 Å². The second-order valence-corrected chi connectivity index (χ2v) is 6.29. The SMILES string of the molecule is COc1ncc(CN2CCCCC2c2[nH]ncc2C(N)=O)cc1Cl. The van der Waals surface area contributed by atoms with Gasteiger partial charge in [0, 0.05) is 12.7 Å². The standard InChI is InChI=1S/C16H20ClN5O2/c1-24-16-12(17)6-10(7-19-16)9-22-5-3-2-4-13(22)14-11(15(18)23)8-20-21-14/h6-8,13H,2-5,9H2,1H3,(H2,18,23)(H,20,21). The van der Waals surface area contributed by atoms with E-state index in [1.807, 2.05) is 6.07 Å². The van der Waals surface area contributed by atoms with Crippen molar-refractivity contribution in [1.29, 1.82) is 0 Å². The third-order valence-electron chi connectivity index (χ3n) is 4.32. The summed E-state index contributed by atoms with van der Waals surface area (Å²) in [4.78, 5) is 18.1. The van der Waals surface area contributed by atoms with Crippen molar-refractivity contribution in [3.05, 3.63) is 40.3 Å². The van der Waals surface area contributed by atoms with Gasteiger partial charge >= 0.3 is 0 Å². The molecule has 1 fully saturated rings. The molecule has 1 aliphatic rings. The molecule has 1 atom stereocenters. The number of piperidine rings is 1. The first-order valence-electron chi connectivity index (χ1n) is 7.85. The second-order valence-electron chi connectivity index (χ2n) is 5.88. The smallest absolute Gasteiger partial charge is 0.252 e. The fraction of sp³-hybridized carbons (Fsp3) is 0.438. The number of pyridine rings is 1. The van der Waals surface area contributed by atoms with Crippen LogP contribution in [0.25, 0.3) is 0 Å². The molecule has 2 aromatic heterocycles. The number of ether oxygens (including phenoxy) is 1. The van der Waals surface area contributed by atoms with Crippen molar-refractivity contribution in [2.24, 2.45) is 5.73 Å². The Hall–Kier alpha value is -2.12. The summed E-state index contributed by atoms with van der Waals surface area (Å²) in [6, 6.07) is 1.94. The van der Waals surface area contributed by atoms with Crippen LogP contribution < -0.4 is 10.5 Å². The summed E-state index contributed by atoms with van der Waals surface area (Å²) < 4.78 is 5.09. The lowest BCUT2D eigenvalue weighted by molar-refractivity contribution is 0.0990. The molecule has 24 heavy (non-hydrogen) atoms. The Bertz CT molecular complexity index is 733. The molecule has 1 unspecified atom stereocenters. The number of methoxy groups -OCH3 is 1. The Labute approximate surface area is 145 Å². The zero-order valence-electron chi connectivity index (χ0n) is 13.5. The van der Waals surface area contributed by atoms with Gasteiger partial charge in [-0.2, -0.15) is 5.10 Å². The lowest BCUT2D eigenvalue weighted by Gasteiger charge is -2.35. The number of amides is 1. The van der Waals surface area contributed by atoms with Gasteiger partial charge in [-0.15, -0.1) is 0 Å². The summed E-state index contributed by atoms with van der Waals surface area (Å²) in [5, 5.41) is 7.43. The minimum Gasteiger partial charge on any atom is -0.480 e. The molecular weight excluding hydrogens is 330 g/mol. The molecule has 0 bridgehead atoms. The van der Waals surface area contributed by atoms with Crippen molar-refractivity contribution in [2.75, 3.05) is 13.7 Å². The van der Waals surface area contributed by atoms with Gasteiger partial charge in [0.25, 0.3) is 5.91 Å². The van der Waals surface area contributed by atoms with Gasteiger partial charge < -0.3 is 10.5 Å². The first kappa shape index (κ1) is 16.7. The van der Waals surface area contributed by atoms with Gasteiger partial charge in [-0.05, 0) is 31.0 Å². The molecule has 0 saturated carbocycles. The molecule has 0 radical (unpaired) electrons. The minimum absolute atomic E-state index is 0.0737. The zero-order valence-corrected chi connectivity index (χ0v) is 14.2. The molecule has 1 amide bonds. The summed E-state index contributed by atoms with van der Waals surface area (Å²) >= 11 is 6.17. The molecule has 3 N–H and O–H groups in total. The molecule has 3 heterocycles. The van der Waals surface area contributed by atoms with E-state index in [1.54, 1.807) is 6.20 Å². The fourth-order valence-electron chi connectivity index (χ4n) is 3.19. The van der Waals surface area contributed by atoms with Crippen molar-refractivity contribution < 1.29 is 9.53 Å². The Morgan fingerprint density at radius 3 is 3.04 bits per heavy atom. The highest BCUT2D eigenvalue weighted by molar-refractivity contribution is 6.31. The number of carbonyl (C=O) groups excluding carboxylic acids is 1. The van der Waals surface area contributed by atoms with Crippen LogP contribution in [0.15, 0.2) is 18.5 Å². The van der Waals surface area contributed by atoms with Crippen molar-refractivity contribution in [1.82, 2.24) is 20.1 Å². The van der Waals surface area contributed by atoms with E-state index in [9.17, 15) is 4.79 Å². The Balaban J connectivity index is 1.83. The van der Waals surface area contributed by atoms with Crippen LogP contribution in [-0.2, 0) is 6.54 Å². The highest BCUT2D eigenvalue weighted by Gasteiger charge is 2.28. The van der Waals surface area contributed by atoms with Crippen LogP contribution in [0.4, 0.5) is 0 Å². The summed E-state index contributed by atoms with van der Waals surface area (Å²) in [7, 11) is 1.54. The van der Waals surface area contributed by atoms with E-state index in [2.05, 4.69) is 20.1 Å². The van der Waals surface area contributed by atoms with Crippen LogP contribution >= 0.6 is 11.6 Å². The van der Waals surface area contributed by atoms with Crippen LogP contribution in [0.3, 0.4) is 0 Å². The number of likely N-dealkylation sites (tertiary alicyclic amines) is 1. The van der Waals surface area contributed by atoms with Crippen molar-refractivity contribution in [3.8, 4) is 5.88 Å². The Morgan fingerprint density at radius 1 is 1.50 bits per heavy atom.